The summed E-state index contributed by atoms with van der Waals surface area (Å²) in [6.07, 6.45) is 2.10. The molecule has 4 heteroatoms. The van der Waals surface area contributed by atoms with Crippen molar-refractivity contribution in [2.24, 2.45) is 0 Å². The van der Waals surface area contributed by atoms with Crippen LogP contribution in [0.2, 0.25) is 0 Å². The molecule has 3 aromatic rings. The molecular weight excluding hydrogens is 360 g/mol. The van der Waals surface area contributed by atoms with Crippen molar-refractivity contribution < 1.29 is 9.59 Å². The first-order chi connectivity index (χ1) is 14.1. The fraction of sp³-hybridized carbons (Fsp3) is 0.200. The zero-order valence-electron chi connectivity index (χ0n) is 16.4. The predicted molar refractivity (Wildman–Crippen MR) is 116 cm³/mol. The number of hydrogen-bond donors (Lipinski definition) is 1. The highest BCUT2D eigenvalue weighted by atomic mass is 16.2. The highest BCUT2D eigenvalue weighted by Crippen LogP contribution is 2.32. The lowest BCUT2D eigenvalue weighted by Gasteiger charge is -2.21. The molecule has 0 aliphatic heterocycles. The third kappa shape index (κ3) is 4.37. The molecule has 1 fully saturated rings. The van der Waals surface area contributed by atoms with E-state index in [1.165, 1.54) is 0 Å². The van der Waals surface area contributed by atoms with Crippen molar-refractivity contribution in [3.05, 3.63) is 96.1 Å². The summed E-state index contributed by atoms with van der Waals surface area (Å²) in [5, 5.41) is 3.04. The molecule has 1 saturated carbocycles. The number of rotatable bonds is 6. The van der Waals surface area contributed by atoms with Gasteiger partial charge in [0.05, 0.1) is 5.92 Å². The van der Waals surface area contributed by atoms with Crippen molar-refractivity contribution >= 4 is 23.2 Å². The fourth-order valence-electron chi connectivity index (χ4n) is 3.69. The molecule has 1 aliphatic rings. The van der Waals surface area contributed by atoms with Crippen LogP contribution in [0.3, 0.4) is 0 Å². The monoisotopic (exact) mass is 384 g/mol. The first-order valence-corrected chi connectivity index (χ1v) is 9.94. The van der Waals surface area contributed by atoms with Gasteiger partial charge in [0, 0.05) is 24.3 Å². The second kappa shape index (κ2) is 8.31. The van der Waals surface area contributed by atoms with Crippen LogP contribution < -0.4 is 10.2 Å². The Morgan fingerprint density at radius 2 is 1.34 bits per heavy atom. The van der Waals surface area contributed by atoms with Crippen molar-refractivity contribution in [3.8, 4) is 0 Å². The van der Waals surface area contributed by atoms with Gasteiger partial charge in [0.1, 0.15) is 0 Å². The molecule has 0 spiro atoms. The van der Waals surface area contributed by atoms with Crippen molar-refractivity contribution in [2.75, 3.05) is 10.2 Å². The Morgan fingerprint density at radius 1 is 0.828 bits per heavy atom. The van der Waals surface area contributed by atoms with E-state index in [0.717, 1.165) is 35.3 Å². The molecule has 0 bridgehead atoms. The van der Waals surface area contributed by atoms with Crippen LogP contribution in [-0.2, 0) is 9.59 Å². The Balaban J connectivity index is 1.55. The van der Waals surface area contributed by atoms with E-state index in [2.05, 4.69) is 5.32 Å². The average Bonchev–Trinajstić information content (AvgIpc) is 3.56. The van der Waals surface area contributed by atoms with Crippen LogP contribution in [0, 0.1) is 0 Å². The first kappa shape index (κ1) is 18.9. The lowest BCUT2D eigenvalue weighted by molar-refractivity contribution is -0.117. The maximum Gasteiger partial charge on any atom is 0.236 e. The van der Waals surface area contributed by atoms with E-state index < -0.39 is 5.92 Å². The first-order valence-electron chi connectivity index (χ1n) is 9.94. The number of nitrogens with one attached hydrogen (secondary N) is 1. The molecule has 0 saturated heterocycles. The summed E-state index contributed by atoms with van der Waals surface area (Å²) in [7, 11) is 0. The smallest absolute Gasteiger partial charge is 0.236 e. The lowest BCUT2D eigenvalue weighted by atomic mass is 9.90. The molecule has 29 heavy (non-hydrogen) atoms. The zero-order chi connectivity index (χ0) is 20.2. The number of hydrogen-bond acceptors (Lipinski definition) is 2. The Hall–Kier alpha value is -3.40. The average molecular weight is 384 g/mol. The van der Waals surface area contributed by atoms with Crippen LogP contribution in [0.5, 0.6) is 0 Å². The number of benzene rings is 3. The van der Waals surface area contributed by atoms with E-state index in [0.29, 0.717) is 6.04 Å². The minimum atomic E-state index is -0.391. The lowest BCUT2D eigenvalue weighted by Crippen LogP contribution is -2.30. The summed E-state index contributed by atoms with van der Waals surface area (Å²) >= 11 is 0. The molecule has 4 rings (SSSR count). The maximum atomic E-state index is 13.2. The molecular formula is C25H24N2O2. The summed E-state index contributed by atoms with van der Waals surface area (Å²) in [6.45, 7) is 1.60. The third-order valence-corrected chi connectivity index (χ3v) is 5.19. The molecule has 0 radical (unpaired) electrons. The van der Waals surface area contributed by atoms with Crippen LogP contribution in [0.4, 0.5) is 11.4 Å². The van der Waals surface area contributed by atoms with Crippen LogP contribution in [0.25, 0.3) is 0 Å². The van der Waals surface area contributed by atoms with Gasteiger partial charge in [0.15, 0.2) is 0 Å². The van der Waals surface area contributed by atoms with Crippen molar-refractivity contribution in [1.82, 2.24) is 0 Å². The van der Waals surface area contributed by atoms with Crippen LogP contribution in [0.1, 0.15) is 36.8 Å². The molecule has 1 aliphatic carbocycles. The van der Waals surface area contributed by atoms with E-state index in [1.807, 2.05) is 89.8 Å². The van der Waals surface area contributed by atoms with Gasteiger partial charge in [-0.15, -0.1) is 0 Å². The van der Waals surface area contributed by atoms with Crippen molar-refractivity contribution in [3.63, 3.8) is 0 Å². The van der Waals surface area contributed by atoms with Crippen LogP contribution in [-0.4, -0.2) is 17.9 Å². The van der Waals surface area contributed by atoms with E-state index in [9.17, 15) is 9.59 Å². The Bertz CT molecular complexity index is 941. The van der Waals surface area contributed by atoms with Gasteiger partial charge in [-0.25, -0.2) is 0 Å². The Kier molecular flexibility index (Phi) is 5.43. The van der Waals surface area contributed by atoms with Gasteiger partial charge in [0.25, 0.3) is 0 Å². The second-order valence-electron chi connectivity index (χ2n) is 7.41. The Labute approximate surface area is 171 Å². The van der Waals surface area contributed by atoms with Gasteiger partial charge >= 0.3 is 0 Å². The summed E-state index contributed by atoms with van der Waals surface area (Å²) in [4.78, 5) is 27.0. The standard InChI is InChI=1S/C25H24N2O2/c1-18(28)27(23-16-17-23)22-14-12-21(13-15-22)26-25(29)24(19-8-4-2-5-9-19)20-10-6-3-7-11-20/h2-15,23-24H,16-17H2,1H3,(H,26,29). The molecule has 3 aromatic carbocycles. The van der Waals surface area contributed by atoms with E-state index in [4.69, 9.17) is 0 Å². The van der Waals surface area contributed by atoms with Gasteiger partial charge in [-0.2, -0.15) is 0 Å². The van der Waals surface area contributed by atoms with Crippen molar-refractivity contribution in [1.29, 1.82) is 0 Å². The third-order valence-electron chi connectivity index (χ3n) is 5.19. The van der Waals surface area contributed by atoms with Crippen LogP contribution >= 0.6 is 0 Å². The normalized spacial score (nSPS) is 13.2. The number of carbonyl (C=O) groups is 2. The summed E-state index contributed by atoms with van der Waals surface area (Å²) < 4.78 is 0. The van der Waals surface area contributed by atoms with Gasteiger partial charge in [-0.3, -0.25) is 9.59 Å². The quantitative estimate of drug-likeness (QED) is 0.652. The van der Waals surface area contributed by atoms with E-state index >= 15 is 0 Å². The zero-order valence-corrected chi connectivity index (χ0v) is 16.4. The molecule has 4 nitrogen and oxygen atoms in total. The number of amides is 2. The number of nitrogens with zero attached hydrogens (tertiary/aromatic N) is 1. The maximum absolute atomic E-state index is 13.2. The topological polar surface area (TPSA) is 49.4 Å². The largest absolute Gasteiger partial charge is 0.325 e. The number of anilines is 2. The van der Waals surface area contributed by atoms with Gasteiger partial charge in [0.2, 0.25) is 11.8 Å². The summed E-state index contributed by atoms with van der Waals surface area (Å²) in [6, 6.07) is 27.4. The summed E-state index contributed by atoms with van der Waals surface area (Å²) in [5.41, 5.74) is 3.49. The van der Waals surface area contributed by atoms with Crippen LogP contribution in [0.15, 0.2) is 84.9 Å². The molecule has 0 heterocycles. The van der Waals surface area contributed by atoms with Gasteiger partial charge in [-0.05, 0) is 48.2 Å². The van der Waals surface area contributed by atoms with Gasteiger partial charge in [-0.1, -0.05) is 60.7 Å². The highest BCUT2D eigenvalue weighted by Gasteiger charge is 2.32. The molecule has 2 amide bonds. The van der Waals surface area contributed by atoms with Gasteiger partial charge < -0.3 is 10.2 Å². The molecule has 146 valence electrons. The Morgan fingerprint density at radius 3 is 1.79 bits per heavy atom. The minimum Gasteiger partial charge on any atom is -0.325 e. The fourth-order valence-corrected chi connectivity index (χ4v) is 3.69. The molecule has 0 unspecified atom stereocenters. The van der Waals surface area contributed by atoms with E-state index in [1.54, 1.807) is 6.92 Å². The SMILES string of the molecule is CC(=O)N(c1ccc(NC(=O)C(c2ccccc2)c2ccccc2)cc1)C1CC1. The number of carbonyl (C=O) groups excluding carboxylic acids is 2. The molecule has 0 atom stereocenters. The highest BCUT2D eigenvalue weighted by molar-refractivity contribution is 5.98. The molecule has 0 aromatic heterocycles. The second-order valence-corrected chi connectivity index (χ2v) is 7.41. The summed E-state index contributed by atoms with van der Waals surface area (Å²) in [5.74, 6) is -0.421. The van der Waals surface area contributed by atoms with E-state index in [-0.39, 0.29) is 11.8 Å². The predicted octanol–water partition coefficient (Wildman–Crippen LogP) is 4.97. The minimum absolute atomic E-state index is 0.0532. The van der Waals surface area contributed by atoms with Crippen molar-refractivity contribution in [2.45, 2.75) is 31.7 Å². The molecule has 1 N–H and O–H groups in total.